The van der Waals surface area contributed by atoms with Crippen molar-refractivity contribution in [1.82, 2.24) is 4.90 Å². The van der Waals surface area contributed by atoms with Crippen LogP contribution in [0, 0.1) is 5.82 Å². The molecule has 1 heterocycles. The summed E-state index contributed by atoms with van der Waals surface area (Å²) in [4.78, 5) is 37.9. The van der Waals surface area contributed by atoms with Crippen molar-refractivity contribution in [2.75, 3.05) is 11.9 Å². The van der Waals surface area contributed by atoms with Crippen molar-refractivity contribution in [3.8, 4) is 5.75 Å². The van der Waals surface area contributed by atoms with E-state index in [-0.39, 0.29) is 35.5 Å². The number of nitrogens with zero attached hydrogens (tertiary/aromatic N) is 1. The molecule has 1 saturated heterocycles. The predicted octanol–water partition coefficient (Wildman–Crippen LogP) is 5.05. The Balaban J connectivity index is 1.63. The smallest absolute Gasteiger partial charge is 0.293 e. The van der Waals surface area contributed by atoms with Gasteiger partial charge in [0.2, 0.25) is 0 Å². The first-order valence-corrected chi connectivity index (χ1v) is 10.6. The molecule has 0 saturated carbocycles. The van der Waals surface area contributed by atoms with Crippen LogP contribution in [-0.2, 0) is 9.59 Å². The standard InChI is InChI=1S/C21H18BrFN2O4S/c1-12(2)25-20(27)18(30-21(25)28)10-13-3-8-17(16(22)9-13)29-11-19(26)24-15-6-4-14(23)5-7-15/h3-10,12H,11H2,1-2H3,(H,24,26). The first-order chi connectivity index (χ1) is 14.2. The quantitative estimate of drug-likeness (QED) is 0.570. The maximum atomic E-state index is 12.9. The van der Waals surface area contributed by atoms with E-state index in [1.807, 2.05) is 0 Å². The summed E-state index contributed by atoms with van der Waals surface area (Å²) >= 11 is 4.29. The number of hydrogen-bond acceptors (Lipinski definition) is 5. The molecule has 1 aliphatic heterocycles. The predicted molar refractivity (Wildman–Crippen MR) is 118 cm³/mol. The third-order valence-electron chi connectivity index (χ3n) is 4.08. The Bertz CT molecular complexity index is 1020. The van der Waals surface area contributed by atoms with Crippen LogP contribution >= 0.6 is 27.7 Å². The molecular formula is C21H18BrFN2O4S. The number of halogens is 2. The van der Waals surface area contributed by atoms with Gasteiger partial charge in [0.15, 0.2) is 6.61 Å². The van der Waals surface area contributed by atoms with Crippen LogP contribution in [-0.4, -0.2) is 34.6 Å². The SMILES string of the molecule is CC(C)N1C(=O)SC(=Cc2ccc(OCC(=O)Nc3ccc(F)cc3)c(Br)c2)C1=O. The largest absolute Gasteiger partial charge is 0.483 e. The lowest BCUT2D eigenvalue weighted by Crippen LogP contribution is -2.34. The second-order valence-electron chi connectivity index (χ2n) is 6.68. The molecule has 1 fully saturated rings. The third-order valence-corrected chi connectivity index (χ3v) is 5.58. The lowest BCUT2D eigenvalue weighted by atomic mass is 10.2. The fourth-order valence-electron chi connectivity index (χ4n) is 2.67. The Morgan fingerprint density at radius 2 is 1.93 bits per heavy atom. The first-order valence-electron chi connectivity index (χ1n) is 8.99. The van der Waals surface area contributed by atoms with Gasteiger partial charge in [-0.25, -0.2) is 4.39 Å². The van der Waals surface area contributed by atoms with Crippen molar-refractivity contribution in [3.05, 3.63) is 63.2 Å². The van der Waals surface area contributed by atoms with E-state index in [2.05, 4.69) is 21.2 Å². The molecule has 1 N–H and O–H groups in total. The molecule has 0 unspecified atom stereocenters. The number of rotatable bonds is 6. The minimum Gasteiger partial charge on any atom is -0.483 e. The maximum Gasteiger partial charge on any atom is 0.293 e. The average molecular weight is 493 g/mol. The van der Waals surface area contributed by atoms with Crippen molar-refractivity contribution in [2.45, 2.75) is 19.9 Å². The van der Waals surface area contributed by atoms with Crippen LogP contribution in [0.2, 0.25) is 0 Å². The average Bonchev–Trinajstić information content (AvgIpc) is 2.96. The number of carbonyl (C=O) groups is 3. The molecule has 3 rings (SSSR count). The van der Waals surface area contributed by atoms with Gasteiger partial charge in [0.1, 0.15) is 11.6 Å². The second-order valence-corrected chi connectivity index (χ2v) is 8.53. The summed E-state index contributed by atoms with van der Waals surface area (Å²) < 4.78 is 19.0. The number of anilines is 1. The van der Waals surface area contributed by atoms with Crippen LogP contribution in [0.5, 0.6) is 5.75 Å². The Labute approximate surface area is 185 Å². The molecule has 3 amide bonds. The number of imide groups is 1. The zero-order valence-electron chi connectivity index (χ0n) is 16.1. The molecule has 0 spiro atoms. The zero-order valence-corrected chi connectivity index (χ0v) is 18.6. The summed E-state index contributed by atoms with van der Waals surface area (Å²) in [6, 6.07) is 10.3. The molecule has 6 nitrogen and oxygen atoms in total. The van der Waals surface area contributed by atoms with Crippen molar-refractivity contribution in [2.24, 2.45) is 0 Å². The van der Waals surface area contributed by atoms with E-state index in [9.17, 15) is 18.8 Å². The van der Waals surface area contributed by atoms with E-state index in [1.165, 1.54) is 29.2 Å². The monoisotopic (exact) mass is 492 g/mol. The maximum absolute atomic E-state index is 12.9. The van der Waals surface area contributed by atoms with Gasteiger partial charge in [-0.05, 0) is 89.6 Å². The van der Waals surface area contributed by atoms with E-state index in [0.717, 1.165) is 11.8 Å². The lowest BCUT2D eigenvalue weighted by molar-refractivity contribution is -0.123. The Morgan fingerprint density at radius 3 is 2.53 bits per heavy atom. The van der Waals surface area contributed by atoms with Crippen molar-refractivity contribution in [3.63, 3.8) is 0 Å². The van der Waals surface area contributed by atoms with E-state index in [1.54, 1.807) is 38.1 Å². The van der Waals surface area contributed by atoms with Gasteiger partial charge >= 0.3 is 0 Å². The van der Waals surface area contributed by atoms with Crippen LogP contribution in [0.3, 0.4) is 0 Å². The Hall–Kier alpha value is -2.65. The van der Waals surface area contributed by atoms with Gasteiger partial charge < -0.3 is 10.1 Å². The number of hydrogen-bond donors (Lipinski definition) is 1. The molecule has 9 heteroatoms. The fourth-order valence-corrected chi connectivity index (χ4v) is 4.15. The highest BCUT2D eigenvalue weighted by Crippen LogP contribution is 2.34. The van der Waals surface area contributed by atoms with Gasteiger partial charge in [0.05, 0.1) is 9.38 Å². The molecule has 0 aromatic heterocycles. The molecule has 0 bridgehead atoms. The molecular weight excluding hydrogens is 475 g/mol. The van der Waals surface area contributed by atoms with Crippen LogP contribution in [0.15, 0.2) is 51.8 Å². The summed E-state index contributed by atoms with van der Waals surface area (Å²) in [5.41, 5.74) is 1.18. The fraction of sp³-hybridized carbons (Fsp3) is 0.190. The van der Waals surface area contributed by atoms with Crippen LogP contribution in [0.25, 0.3) is 6.08 Å². The lowest BCUT2D eigenvalue weighted by Gasteiger charge is -2.16. The number of carbonyl (C=O) groups excluding carboxylic acids is 3. The first kappa shape index (κ1) is 22.0. The van der Waals surface area contributed by atoms with E-state index in [0.29, 0.717) is 26.4 Å². The summed E-state index contributed by atoms with van der Waals surface area (Å²) in [6.45, 7) is 3.34. The number of thioether (sulfide) groups is 1. The molecule has 0 atom stereocenters. The Morgan fingerprint density at radius 1 is 1.23 bits per heavy atom. The second kappa shape index (κ2) is 9.44. The Kier molecular flexibility index (Phi) is 6.94. The van der Waals surface area contributed by atoms with E-state index < -0.39 is 0 Å². The number of nitrogens with one attached hydrogen (secondary N) is 1. The van der Waals surface area contributed by atoms with E-state index in [4.69, 9.17) is 4.74 Å². The van der Waals surface area contributed by atoms with Crippen molar-refractivity contribution >= 4 is 56.5 Å². The van der Waals surface area contributed by atoms with Crippen LogP contribution in [0.1, 0.15) is 19.4 Å². The minimum absolute atomic E-state index is 0.202. The van der Waals surface area contributed by atoms with Gasteiger partial charge in [-0.15, -0.1) is 0 Å². The highest BCUT2D eigenvalue weighted by Gasteiger charge is 2.36. The van der Waals surface area contributed by atoms with Gasteiger partial charge in [0.25, 0.3) is 17.1 Å². The van der Waals surface area contributed by atoms with Gasteiger partial charge in [-0.3, -0.25) is 19.3 Å². The molecule has 1 aliphatic rings. The summed E-state index contributed by atoms with van der Waals surface area (Å²) in [6.07, 6.45) is 1.64. The molecule has 0 radical (unpaired) electrons. The molecule has 0 aliphatic carbocycles. The molecule has 2 aromatic rings. The van der Waals surface area contributed by atoms with Crippen LogP contribution in [0.4, 0.5) is 14.9 Å². The van der Waals surface area contributed by atoms with Gasteiger partial charge in [-0.1, -0.05) is 6.07 Å². The molecule has 156 valence electrons. The highest BCUT2D eigenvalue weighted by molar-refractivity contribution is 9.10. The molecule has 2 aromatic carbocycles. The topological polar surface area (TPSA) is 75.7 Å². The molecule has 30 heavy (non-hydrogen) atoms. The zero-order chi connectivity index (χ0) is 21.8. The van der Waals surface area contributed by atoms with Gasteiger partial charge in [-0.2, -0.15) is 0 Å². The summed E-state index contributed by atoms with van der Waals surface area (Å²) in [5, 5.41) is 2.32. The minimum atomic E-state index is -0.389. The van der Waals surface area contributed by atoms with Crippen molar-refractivity contribution in [1.29, 1.82) is 0 Å². The normalized spacial score (nSPS) is 15.2. The van der Waals surface area contributed by atoms with E-state index >= 15 is 0 Å². The number of ether oxygens (including phenoxy) is 1. The number of amides is 3. The summed E-state index contributed by atoms with van der Waals surface area (Å²) in [5.74, 6) is -0.646. The van der Waals surface area contributed by atoms with Crippen molar-refractivity contribution < 1.29 is 23.5 Å². The summed E-state index contributed by atoms with van der Waals surface area (Å²) in [7, 11) is 0. The third kappa shape index (κ3) is 5.28. The highest BCUT2D eigenvalue weighted by atomic mass is 79.9. The van der Waals surface area contributed by atoms with Crippen LogP contribution < -0.4 is 10.1 Å². The number of benzene rings is 2. The van der Waals surface area contributed by atoms with Gasteiger partial charge in [0, 0.05) is 11.7 Å².